The molecule has 1 heterocycles. The second-order valence-electron chi connectivity index (χ2n) is 3.90. The normalized spacial score (nSPS) is 11.8. The van der Waals surface area contributed by atoms with E-state index in [1.807, 2.05) is 6.92 Å². The molecule has 2 rings (SSSR count). The number of nitrogens with zero attached hydrogens (tertiary/aromatic N) is 2. The molecule has 18 heavy (non-hydrogen) atoms. The molecule has 0 spiro atoms. The van der Waals surface area contributed by atoms with Gasteiger partial charge in [-0.05, 0) is 19.1 Å². The number of hydrogen-bond donors (Lipinski definition) is 0. The maximum Gasteiger partial charge on any atom is 0.433 e. The van der Waals surface area contributed by atoms with E-state index in [2.05, 4.69) is 5.10 Å². The average Bonchev–Trinajstić information content (AvgIpc) is 2.73. The predicted octanol–water partition coefficient (Wildman–Crippen LogP) is 3.94. The molecule has 0 bridgehead atoms. The van der Waals surface area contributed by atoms with Crippen molar-refractivity contribution in [1.82, 2.24) is 9.78 Å². The van der Waals surface area contributed by atoms with Gasteiger partial charge in [0.25, 0.3) is 0 Å². The van der Waals surface area contributed by atoms with Crippen LogP contribution in [0.1, 0.15) is 16.8 Å². The molecule has 0 aliphatic carbocycles. The first-order valence-corrected chi connectivity index (χ1v) is 5.74. The Kier molecular flexibility index (Phi) is 3.34. The maximum absolute atomic E-state index is 13.0. The van der Waals surface area contributed by atoms with Gasteiger partial charge in [0.1, 0.15) is 0 Å². The minimum Gasteiger partial charge on any atom is -0.228 e. The lowest BCUT2D eigenvalue weighted by Gasteiger charge is -2.12. The van der Waals surface area contributed by atoms with Gasteiger partial charge in [0.15, 0.2) is 5.69 Å². The van der Waals surface area contributed by atoms with Crippen molar-refractivity contribution < 1.29 is 13.2 Å². The van der Waals surface area contributed by atoms with Crippen molar-refractivity contribution in [2.75, 3.05) is 0 Å². The van der Waals surface area contributed by atoms with Gasteiger partial charge in [0.05, 0.1) is 17.8 Å². The van der Waals surface area contributed by atoms with Crippen molar-refractivity contribution in [3.8, 4) is 5.69 Å². The highest BCUT2D eigenvalue weighted by molar-refractivity contribution is 6.17. The molecule has 6 heteroatoms. The second kappa shape index (κ2) is 4.65. The number of hydrogen-bond acceptors (Lipinski definition) is 1. The van der Waals surface area contributed by atoms with Gasteiger partial charge in [-0.15, -0.1) is 11.6 Å². The van der Waals surface area contributed by atoms with Crippen molar-refractivity contribution >= 4 is 11.6 Å². The highest BCUT2D eigenvalue weighted by atomic mass is 35.5. The number of benzene rings is 1. The van der Waals surface area contributed by atoms with Crippen LogP contribution < -0.4 is 0 Å². The standard InChI is InChI=1S/C12H10ClF3N2/c1-8-2-4-10(5-3-8)18-11(12(14,15)16)9(6-13)7-17-18/h2-5,7H,6H2,1H3. The molecule has 0 aliphatic heterocycles. The van der Waals surface area contributed by atoms with Gasteiger partial charge in [-0.1, -0.05) is 17.7 Å². The van der Waals surface area contributed by atoms with E-state index in [0.29, 0.717) is 5.69 Å². The summed E-state index contributed by atoms with van der Waals surface area (Å²) in [6, 6.07) is 6.65. The molecule has 0 fully saturated rings. The van der Waals surface area contributed by atoms with E-state index in [4.69, 9.17) is 11.6 Å². The number of alkyl halides is 4. The van der Waals surface area contributed by atoms with Crippen molar-refractivity contribution in [1.29, 1.82) is 0 Å². The fourth-order valence-electron chi connectivity index (χ4n) is 1.66. The average molecular weight is 275 g/mol. The molecular formula is C12H10ClF3N2. The summed E-state index contributed by atoms with van der Waals surface area (Å²) in [5.74, 6) is -0.222. The summed E-state index contributed by atoms with van der Waals surface area (Å²) in [6.45, 7) is 1.86. The summed E-state index contributed by atoms with van der Waals surface area (Å²) in [7, 11) is 0. The van der Waals surface area contributed by atoms with Crippen LogP contribution in [0.25, 0.3) is 5.69 Å². The third-order valence-corrected chi connectivity index (χ3v) is 2.82. The largest absolute Gasteiger partial charge is 0.433 e. The molecule has 0 saturated heterocycles. The lowest BCUT2D eigenvalue weighted by atomic mass is 10.2. The van der Waals surface area contributed by atoms with E-state index in [0.717, 1.165) is 16.4 Å². The Morgan fingerprint density at radius 3 is 2.33 bits per heavy atom. The summed E-state index contributed by atoms with van der Waals surface area (Å²) in [6.07, 6.45) is -3.33. The molecule has 96 valence electrons. The zero-order valence-corrected chi connectivity index (χ0v) is 10.3. The zero-order chi connectivity index (χ0) is 13.3. The topological polar surface area (TPSA) is 17.8 Å². The van der Waals surface area contributed by atoms with Crippen molar-refractivity contribution in [2.45, 2.75) is 19.0 Å². The SMILES string of the molecule is Cc1ccc(-n2ncc(CCl)c2C(F)(F)F)cc1. The van der Waals surface area contributed by atoms with E-state index in [1.54, 1.807) is 24.3 Å². The van der Waals surface area contributed by atoms with Crippen LogP contribution in [0, 0.1) is 6.92 Å². The van der Waals surface area contributed by atoms with E-state index in [9.17, 15) is 13.2 Å². The van der Waals surface area contributed by atoms with Gasteiger partial charge in [-0.3, -0.25) is 0 Å². The Morgan fingerprint density at radius 2 is 1.83 bits per heavy atom. The highest BCUT2D eigenvalue weighted by Gasteiger charge is 2.38. The Balaban J connectivity index is 2.58. The van der Waals surface area contributed by atoms with Gasteiger partial charge in [-0.2, -0.15) is 18.3 Å². The van der Waals surface area contributed by atoms with Crippen LogP contribution in [0.5, 0.6) is 0 Å². The molecule has 1 aromatic carbocycles. The third kappa shape index (κ3) is 2.36. The molecule has 1 aromatic heterocycles. The van der Waals surface area contributed by atoms with E-state index in [-0.39, 0.29) is 11.4 Å². The molecule has 2 aromatic rings. The zero-order valence-electron chi connectivity index (χ0n) is 9.50. The van der Waals surface area contributed by atoms with Crippen LogP contribution >= 0.6 is 11.6 Å². The summed E-state index contributed by atoms with van der Waals surface area (Å²) in [5.41, 5.74) is 0.493. The Bertz CT molecular complexity index is 543. The van der Waals surface area contributed by atoms with Crippen molar-refractivity contribution in [3.63, 3.8) is 0 Å². The smallest absolute Gasteiger partial charge is 0.228 e. The van der Waals surface area contributed by atoms with E-state index in [1.165, 1.54) is 0 Å². The van der Waals surface area contributed by atoms with Crippen LogP contribution in [-0.4, -0.2) is 9.78 Å². The van der Waals surface area contributed by atoms with Crippen LogP contribution in [0.15, 0.2) is 30.5 Å². The molecular weight excluding hydrogens is 265 g/mol. The van der Waals surface area contributed by atoms with Crippen LogP contribution in [0.3, 0.4) is 0 Å². The molecule has 0 N–H and O–H groups in total. The predicted molar refractivity (Wildman–Crippen MR) is 62.9 cm³/mol. The second-order valence-corrected chi connectivity index (χ2v) is 4.16. The quantitative estimate of drug-likeness (QED) is 0.759. The fraction of sp³-hybridized carbons (Fsp3) is 0.250. The van der Waals surface area contributed by atoms with Crippen molar-refractivity contribution in [3.05, 3.63) is 47.3 Å². The third-order valence-electron chi connectivity index (χ3n) is 2.54. The summed E-state index contributed by atoms with van der Waals surface area (Å²) < 4.78 is 39.8. The minimum atomic E-state index is -4.48. The van der Waals surface area contributed by atoms with Crippen LogP contribution in [0.4, 0.5) is 13.2 Å². The summed E-state index contributed by atoms with van der Waals surface area (Å²) in [5, 5.41) is 3.77. The molecule has 0 unspecified atom stereocenters. The van der Waals surface area contributed by atoms with Gasteiger partial charge in [0, 0.05) is 5.56 Å². The van der Waals surface area contributed by atoms with Crippen molar-refractivity contribution in [2.24, 2.45) is 0 Å². The van der Waals surface area contributed by atoms with Gasteiger partial charge < -0.3 is 0 Å². The molecule has 0 saturated carbocycles. The molecule has 0 amide bonds. The van der Waals surface area contributed by atoms with Gasteiger partial charge >= 0.3 is 6.18 Å². The Morgan fingerprint density at radius 1 is 1.22 bits per heavy atom. The monoisotopic (exact) mass is 274 g/mol. The lowest BCUT2D eigenvalue weighted by Crippen LogP contribution is -2.15. The van der Waals surface area contributed by atoms with E-state index < -0.39 is 11.9 Å². The molecule has 0 aliphatic rings. The van der Waals surface area contributed by atoms with Crippen LogP contribution in [-0.2, 0) is 12.1 Å². The van der Waals surface area contributed by atoms with Gasteiger partial charge in [0.2, 0.25) is 0 Å². The summed E-state index contributed by atoms with van der Waals surface area (Å²) in [4.78, 5) is 0. The molecule has 0 atom stereocenters. The first kappa shape index (κ1) is 13.0. The first-order valence-electron chi connectivity index (χ1n) is 5.20. The molecule has 0 radical (unpaired) electrons. The first-order chi connectivity index (χ1) is 8.43. The minimum absolute atomic E-state index is 0.0234. The number of halogens is 4. The number of aryl methyl sites for hydroxylation is 1. The fourth-order valence-corrected chi connectivity index (χ4v) is 1.86. The van der Waals surface area contributed by atoms with E-state index >= 15 is 0 Å². The highest BCUT2D eigenvalue weighted by Crippen LogP contribution is 2.34. The maximum atomic E-state index is 13.0. The summed E-state index contributed by atoms with van der Waals surface area (Å²) >= 11 is 5.51. The lowest BCUT2D eigenvalue weighted by molar-refractivity contribution is -0.143. The number of rotatable bonds is 2. The van der Waals surface area contributed by atoms with Crippen LogP contribution in [0.2, 0.25) is 0 Å². The van der Waals surface area contributed by atoms with Gasteiger partial charge in [-0.25, -0.2) is 4.68 Å². The number of aromatic nitrogens is 2. The molecule has 2 nitrogen and oxygen atoms in total. The Labute approximate surface area is 107 Å². The Hall–Kier alpha value is -1.49.